The van der Waals surface area contributed by atoms with E-state index in [0.717, 1.165) is 4.47 Å². The number of rotatable bonds is 3. The first-order valence-electron chi connectivity index (χ1n) is 4.91. The fourth-order valence-corrected chi connectivity index (χ4v) is 2.82. The summed E-state index contributed by atoms with van der Waals surface area (Å²) < 4.78 is 7.37. The van der Waals surface area contributed by atoms with E-state index in [1.54, 1.807) is 24.4 Å². The molecule has 0 bridgehead atoms. The molecule has 2 rings (SSSR count). The summed E-state index contributed by atoms with van der Waals surface area (Å²) in [6.07, 6.45) is 1.54. The number of hydrogen-bond acceptors (Lipinski definition) is 4. The van der Waals surface area contributed by atoms with Gasteiger partial charge in [-0.05, 0) is 59.9 Å². The fourth-order valence-electron chi connectivity index (χ4n) is 1.32. The Labute approximate surface area is 133 Å². The lowest BCUT2D eigenvalue weighted by molar-refractivity contribution is -0.385. The Kier molecular flexibility index (Phi) is 4.54. The van der Waals surface area contributed by atoms with Gasteiger partial charge in [0.15, 0.2) is 0 Å². The maximum absolute atomic E-state index is 11.0. The molecule has 1 aromatic heterocycles. The number of pyridine rings is 1. The Balaban J connectivity index is 2.46. The van der Waals surface area contributed by atoms with Crippen molar-refractivity contribution in [1.82, 2.24) is 4.98 Å². The molecule has 0 spiro atoms. The lowest BCUT2D eigenvalue weighted by Crippen LogP contribution is -1.96. The molecule has 0 saturated carbocycles. The van der Waals surface area contributed by atoms with E-state index in [1.807, 2.05) is 0 Å². The molecular weight excluding hydrogens is 448 g/mol. The van der Waals surface area contributed by atoms with Crippen LogP contribution in [0.4, 0.5) is 5.69 Å². The quantitative estimate of drug-likeness (QED) is 0.481. The Bertz CT molecular complexity index is 649. The van der Waals surface area contributed by atoms with Crippen molar-refractivity contribution in [2.75, 3.05) is 0 Å². The van der Waals surface area contributed by atoms with Crippen LogP contribution in [0.15, 0.2) is 43.9 Å². The lowest BCUT2D eigenvalue weighted by atomic mass is 10.3. The van der Waals surface area contributed by atoms with Crippen LogP contribution in [0.25, 0.3) is 0 Å². The van der Waals surface area contributed by atoms with E-state index in [4.69, 9.17) is 4.74 Å². The number of hydrogen-bond donors (Lipinski definition) is 0. The second kappa shape index (κ2) is 5.98. The minimum absolute atomic E-state index is 0.114. The lowest BCUT2D eigenvalue weighted by Gasteiger charge is -2.08. The van der Waals surface area contributed by atoms with Crippen LogP contribution in [0.2, 0.25) is 0 Å². The van der Waals surface area contributed by atoms with Crippen LogP contribution in [0.5, 0.6) is 11.6 Å². The first kappa shape index (κ1) is 14.4. The maximum Gasteiger partial charge on any atom is 0.312 e. The van der Waals surface area contributed by atoms with Crippen molar-refractivity contribution in [2.24, 2.45) is 0 Å². The van der Waals surface area contributed by atoms with Crippen LogP contribution in [0.3, 0.4) is 0 Å². The van der Waals surface area contributed by atoms with Gasteiger partial charge in [0.25, 0.3) is 0 Å². The molecular formula is C11H5Br3N2O3. The van der Waals surface area contributed by atoms with Gasteiger partial charge in [0.1, 0.15) is 0 Å². The first-order valence-corrected chi connectivity index (χ1v) is 7.28. The second-order valence-corrected chi connectivity index (χ2v) is 6.01. The van der Waals surface area contributed by atoms with Crippen LogP contribution >= 0.6 is 47.8 Å². The largest absolute Gasteiger partial charge is 0.429 e. The van der Waals surface area contributed by atoms with E-state index < -0.39 is 4.92 Å². The number of aromatic nitrogens is 1. The number of benzene rings is 1. The van der Waals surface area contributed by atoms with Crippen LogP contribution in [0.1, 0.15) is 0 Å². The number of para-hydroxylation sites is 1. The third-order valence-corrected chi connectivity index (χ3v) is 3.74. The Hall–Kier alpha value is -0.990. The summed E-state index contributed by atoms with van der Waals surface area (Å²) in [5.41, 5.74) is -0.133. The van der Waals surface area contributed by atoms with Crippen molar-refractivity contribution in [3.05, 3.63) is 54.0 Å². The highest BCUT2D eigenvalue weighted by molar-refractivity contribution is 9.11. The zero-order chi connectivity index (χ0) is 14.0. The van der Waals surface area contributed by atoms with E-state index in [-0.39, 0.29) is 17.3 Å². The molecule has 1 heterocycles. The summed E-state index contributed by atoms with van der Waals surface area (Å²) in [4.78, 5) is 14.5. The number of nitro groups is 1. The predicted octanol–water partition coefficient (Wildman–Crippen LogP) is 5.07. The molecule has 0 fully saturated rings. The van der Waals surface area contributed by atoms with E-state index in [0.29, 0.717) is 8.95 Å². The summed E-state index contributed by atoms with van der Waals surface area (Å²) in [6.45, 7) is 0. The van der Waals surface area contributed by atoms with Gasteiger partial charge >= 0.3 is 5.69 Å². The van der Waals surface area contributed by atoms with Gasteiger partial charge in [-0.25, -0.2) is 4.98 Å². The van der Waals surface area contributed by atoms with Crippen LogP contribution in [-0.4, -0.2) is 9.91 Å². The molecule has 0 saturated heterocycles. The number of nitrogens with zero attached hydrogens (tertiary/aromatic N) is 2. The van der Waals surface area contributed by atoms with Gasteiger partial charge in [0.2, 0.25) is 11.6 Å². The van der Waals surface area contributed by atoms with E-state index >= 15 is 0 Å². The number of halogens is 3. The number of nitro benzene ring substituents is 1. The van der Waals surface area contributed by atoms with E-state index in [2.05, 4.69) is 52.8 Å². The standard InChI is InChI=1S/C11H5Br3N2O3/c12-6-4-8(14)11(15-5-6)19-10-7(13)2-1-3-9(10)16(17)18/h1-5H. The topological polar surface area (TPSA) is 65.3 Å². The molecule has 0 N–H and O–H groups in total. The van der Waals surface area contributed by atoms with Crippen molar-refractivity contribution < 1.29 is 9.66 Å². The van der Waals surface area contributed by atoms with E-state index in [1.165, 1.54) is 6.07 Å². The summed E-state index contributed by atoms with van der Waals surface area (Å²) in [6, 6.07) is 6.34. The Morgan fingerprint density at radius 3 is 2.58 bits per heavy atom. The average molecular weight is 453 g/mol. The molecule has 1 aromatic carbocycles. The third-order valence-electron chi connectivity index (χ3n) is 2.12. The molecule has 0 aliphatic rings. The summed E-state index contributed by atoms with van der Waals surface area (Å²) in [5, 5.41) is 11.0. The number of ether oxygens (including phenoxy) is 1. The van der Waals surface area contributed by atoms with Crippen molar-refractivity contribution in [1.29, 1.82) is 0 Å². The van der Waals surface area contributed by atoms with Crippen LogP contribution < -0.4 is 4.74 Å². The Morgan fingerprint density at radius 2 is 1.95 bits per heavy atom. The molecule has 0 unspecified atom stereocenters. The third kappa shape index (κ3) is 3.31. The summed E-state index contributed by atoms with van der Waals surface area (Å²) in [5.74, 6) is 0.362. The van der Waals surface area contributed by atoms with Gasteiger partial charge in [-0.1, -0.05) is 6.07 Å². The minimum atomic E-state index is -0.507. The maximum atomic E-state index is 11.0. The molecule has 0 atom stereocenters. The van der Waals surface area contributed by atoms with Crippen molar-refractivity contribution in [3.63, 3.8) is 0 Å². The summed E-state index contributed by atoms with van der Waals surface area (Å²) >= 11 is 9.79. The molecule has 0 radical (unpaired) electrons. The van der Waals surface area contributed by atoms with Crippen molar-refractivity contribution >= 4 is 53.5 Å². The normalized spacial score (nSPS) is 10.3. The highest BCUT2D eigenvalue weighted by Crippen LogP contribution is 2.39. The highest BCUT2D eigenvalue weighted by Gasteiger charge is 2.20. The summed E-state index contributed by atoms with van der Waals surface area (Å²) in [7, 11) is 0. The molecule has 0 aliphatic heterocycles. The molecule has 5 nitrogen and oxygen atoms in total. The van der Waals surface area contributed by atoms with Crippen LogP contribution in [-0.2, 0) is 0 Å². The van der Waals surface area contributed by atoms with Gasteiger partial charge in [0, 0.05) is 16.7 Å². The molecule has 19 heavy (non-hydrogen) atoms. The van der Waals surface area contributed by atoms with Crippen molar-refractivity contribution in [2.45, 2.75) is 0 Å². The second-order valence-electron chi connectivity index (χ2n) is 3.39. The fraction of sp³-hybridized carbons (Fsp3) is 0. The van der Waals surface area contributed by atoms with Gasteiger partial charge < -0.3 is 4.74 Å². The molecule has 98 valence electrons. The monoisotopic (exact) mass is 450 g/mol. The zero-order valence-electron chi connectivity index (χ0n) is 9.14. The smallest absolute Gasteiger partial charge is 0.312 e. The zero-order valence-corrected chi connectivity index (χ0v) is 13.9. The molecule has 8 heteroatoms. The predicted molar refractivity (Wildman–Crippen MR) is 80.5 cm³/mol. The highest BCUT2D eigenvalue weighted by atomic mass is 79.9. The molecule has 2 aromatic rings. The van der Waals surface area contributed by atoms with Gasteiger partial charge in [-0.3, -0.25) is 10.1 Å². The van der Waals surface area contributed by atoms with E-state index in [9.17, 15) is 10.1 Å². The van der Waals surface area contributed by atoms with Gasteiger partial charge in [0.05, 0.1) is 13.9 Å². The van der Waals surface area contributed by atoms with Crippen LogP contribution in [0, 0.1) is 10.1 Å². The first-order chi connectivity index (χ1) is 8.99. The van der Waals surface area contributed by atoms with Crippen molar-refractivity contribution in [3.8, 4) is 11.6 Å². The molecule has 0 amide bonds. The average Bonchev–Trinajstić information content (AvgIpc) is 2.34. The molecule has 0 aliphatic carbocycles. The van der Waals surface area contributed by atoms with Gasteiger partial charge in [-0.15, -0.1) is 0 Å². The SMILES string of the molecule is O=[N+]([O-])c1cccc(Br)c1Oc1ncc(Br)cc1Br. The Morgan fingerprint density at radius 1 is 1.21 bits per heavy atom. The minimum Gasteiger partial charge on any atom is -0.429 e. The van der Waals surface area contributed by atoms with Gasteiger partial charge in [-0.2, -0.15) is 0 Å².